The highest BCUT2D eigenvalue weighted by Gasteiger charge is 2.82. The molecule has 0 aromatic carbocycles. The van der Waals surface area contributed by atoms with Gasteiger partial charge >= 0.3 is 11.9 Å². The molecular formula is C33H44O11. The van der Waals surface area contributed by atoms with Crippen LogP contribution in [0.3, 0.4) is 0 Å². The van der Waals surface area contributed by atoms with Gasteiger partial charge < -0.3 is 33.9 Å². The van der Waals surface area contributed by atoms with Gasteiger partial charge in [-0.05, 0) is 37.3 Å². The van der Waals surface area contributed by atoms with Gasteiger partial charge in [0.25, 0.3) is 0 Å². The van der Waals surface area contributed by atoms with Crippen LogP contribution in [0, 0.1) is 45.3 Å². The third-order valence-electron chi connectivity index (χ3n) is 12.8. The topological polar surface area (TPSA) is 170 Å². The fourth-order valence-corrected chi connectivity index (χ4v) is 10.5. The molecule has 2 heterocycles. The summed E-state index contributed by atoms with van der Waals surface area (Å²) in [7, 11) is 0. The third kappa shape index (κ3) is 3.75. The summed E-state index contributed by atoms with van der Waals surface area (Å²) < 4.78 is 23.3. The number of ketones is 2. The van der Waals surface area contributed by atoms with Crippen LogP contribution in [0.4, 0.5) is 0 Å². The molecule has 1 aromatic rings. The summed E-state index contributed by atoms with van der Waals surface area (Å²) in [5.74, 6) is -5.61. The van der Waals surface area contributed by atoms with E-state index in [4.69, 9.17) is 18.6 Å². The molecule has 3 N–H and O–H groups in total. The number of esters is 2. The number of aliphatic hydroxyl groups excluding tert-OH is 3. The first-order chi connectivity index (χ1) is 20.6. The van der Waals surface area contributed by atoms with Crippen molar-refractivity contribution in [1.82, 2.24) is 0 Å². The Morgan fingerprint density at radius 1 is 1.02 bits per heavy atom. The third-order valence-corrected chi connectivity index (χ3v) is 12.8. The molecule has 0 radical (unpaired) electrons. The van der Waals surface area contributed by atoms with Gasteiger partial charge in [-0.3, -0.25) is 19.2 Å². The Labute approximate surface area is 256 Å². The lowest BCUT2D eigenvalue weighted by atomic mass is 9.33. The average Bonchev–Trinajstić information content (AvgIpc) is 3.59. The standard InChI is InChI=1S/C33H44O11/c1-7-15(2)28(40)44-29-31(5)20-11-21(36)32(6)25-19(35)10-18(17-8-9-41-13-17)30(25,4)27(39)24(38)26(32)33(20,14-42-29)22(37)12-23(31)43-16(3)34/h8-9,13,15,18,20-23,25-27,29,36-37,39H,7,10-12,14H2,1-6H3/t15?,18-,20-,21+,22-,23+,25+,26-,27-,29-,30-,31+,32-,33+/m0/s1. The summed E-state index contributed by atoms with van der Waals surface area (Å²) in [4.78, 5) is 54.0. The molecule has 5 fully saturated rings. The van der Waals surface area contributed by atoms with Gasteiger partial charge in [-0.1, -0.05) is 27.7 Å². The first-order valence-corrected chi connectivity index (χ1v) is 15.7. The molecule has 4 aliphatic carbocycles. The van der Waals surface area contributed by atoms with Gasteiger partial charge in [0.15, 0.2) is 5.78 Å². The van der Waals surface area contributed by atoms with Crippen LogP contribution in [0.2, 0.25) is 0 Å². The largest absolute Gasteiger partial charge is 0.472 e. The molecule has 242 valence electrons. The highest BCUT2D eigenvalue weighted by atomic mass is 16.7. The summed E-state index contributed by atoms with van der Waals surface area (Å²) in [6, 6.07) is 1.73. The lowest BCUT2D eigenvalue weighted by Crippen LogP contribution is -2.80. The Bertz CT molecular complexity index is 1360. The minimum Gasteiger partial charge on any atom is -0.472 e. The lowest BCUT2D eigenvalue weighted by Gasteiger charge is -2.72. The van der Waals surface area contributed by atoms with Crippen molar-refractivity contribution in [2.75, 3.05) is 6.61 Å². The second-order valence-electron chi connectivity index (χ2n) is 14.7. The van der Waals surface area contributed by atoms with E-state index in [1.54, 1.807) is 33.8 Å². The fraction of sp³-hybridized carbons (Fsp3) is 0.758. The second-order valence-corrected chi connectivity index (χ2v) is 14.7. The van der Waals surface area contributed by atoms with Crippen LogP contribution in [0.15, 0.2) is 23.0 Å². The zero-order chi connectivity index (χ0) is 32.1. The molecular weight excluding hydrogens is 572 g/mol. The highest BCUT2D eigenvalue weighted by Crippen LogP contribution is 2.75. The maximum absolute atomic E-state index is 14.7. The molecule has 4 saturated carbocycles. The molecule has 1 aromatic heterocycles. The molecule has 1 unspecified atom stereocenters. The zero-order valence-corrected chi connectivity index (χ0v) is 26.1. The van der Waals surface area contributed by atoms with E-state index < -0.39 is 99.7 Å². The minimum atomic E-state index is -1.58. The van der Waals surface area contributed by atoms with Crippen LogP contribution in [0.25, 0.3) is 0 Å². The molecule has 14 atom stereocenters. The summed E-state index contributed by atoms with van der Waals surface area (Å²) in [6.45, 7) is 9.83. The van der Waals surface area contributed by atoms with E-state index in [9.17, 15) is 34.5 Å². The summed E-state index contributed by atoms with van der Waals surface area (Å²) in [5.41, 5.74) is -4.54. The Hall–Kier alpha value is -2.60. The number of ether oxygens (including phenoxy) is 3. The molecule has 1 saturated heterocycles. The van der Waals surface area contributed by atoms with Gasteiger partial charge in [0.1, 0.15) is 18.0 Å². The van der Waals surface area contributed by atoms with Crippen LogP contribution in [0.1, 0.15) is 78.7 Å². The van der Waals surface area contributed by atoms with Crippen LogP contribution >= 0.6 is 0 Å². The van der Waals surface area contributed by atoms with Crippen LogP contribution in [0.5, 0.6) is 0 Å². The molecule has 44 heavy (non-hydrogen) atoms. The van der Waals surface area contributed by atoms with E-state index >= 15 is 0 Å². The van der Waals surface area contributed by atoms with Crippen molar-refractivity contribution in [3.63, 3.8) is 0 Å². The summed E-state index contributed by atoms with van der Waals surface area (Å²) in [6.07, 6.45) is -2.66. The van der Waals surface area contributed by atoms with Crippen molar-refractivity contribution in [2.24, 2.45) is 45.3 Å². The number of furan rings is 1. The van der Waals surface area contributed by atoms with Gasteiger partial charge in [0.05, 0.1) is 42.7 Å². The Kier molecular flexibility index (Phi) is 7.28. The van der Waals surface area contributed by atoms with Crippen molar-refractivity contribution in [2.45, 2.75) is 104 Å². The highest BCUT2D eigenvalue weighted by molar-refractivity contribution is 5.96. The number of rotatable bonds is 5. The van der Waals surface area contributed by atoms with Crippen molar-refractivity contribution < 1.29 is 53.1 Å². The van der Waals surface area contributed by atoms with Gasteiger partial charge in [-0.25, -0.2) is 0 Å². The van der Waals surface area contributed by atoms with Gasteiger partial charge in [-0.2, -0.15) is 0 Å². The summed E-state index contributed by atoms with van der Waals surface area (Å²) in [5, 5.41) is 36.1. The number of hydrogen-bond donors (Lipinski definition) is 3. The number of carbonyl (C=O) groups is 4. The van der Waals surface area contributed by atoms with Crippen molar-refractivity contribution in [3.8, 4) is 0 Å². The Balaban J connectivity index is 1.50. The predicted octanol–water partition coefficient (Wildman–Crippen LogP) is 2.54. The molecule has 6 rings (SSSR count). The Morgan fingerprint density at radius 2 is 1.73 bits per heavy atom. The SMILES string of the molecule is CCC(C)C(=O)O[C@@H]1OC[C@]23[C@@H](O)C[C@@H](OC(C)=O)[C@@]1(C)[C@@H]2C[C@@H](O)[C@@]1(C)[C@@H]2C(=O)C[C@@H](c4ccoc4)[C@]2(C)[C@@H](O)C(=O)[C@@H]13. The average molecular weight is 617 g/mol. The second kappa shape index (κ2) is 10.2. The van der Waals surface area contributed by atoms with E-state index in [0.29, 0.717) is 12.0 Å². The first kappa shape index (κ1) is 31.4. The molecule has 0 spiro atoms. The molecule has 5 aliphatic rings. The maximum atomic E-state index is 14.7. The lowest BCUT2D eigenvalue weighted by molar-refractivity contribution is -0.372. The van der Waals surface area contributed by atoms with Crippen LogP contribution in [-0.2, 0) is 33.4 Å². The summed E-state index contributed by atoms with van der Waals surface area (Å²) >= 11 is 0. The monoisotopic (exact) mass is 616 g/mol. The van der Waals surface area contributed by atoms with Crippen molar-refractivity contribution in [3.05, 3.63) is 24.2 Å². The van der Waals surface area contributed by atoms with Crippen LogP contribution < -0.4 is 0 Å². The molecule has 1 aliphatic heterocycles. The number of carbonyl (C=O) groups excluding carboxylic acids is 4. The number of fused-ring (bicyclic) bond motifs is 3. The zero-order valence-electron chi connectivity index (χ0n) is 26.1. The molecule has 2 bridgehead atoms. The first-order valence-electron chi connectivity index (χ1n) is 15.7. The van der Waals surface area contributed by atoms with E-state index in [0.717, 1.165) is 0 Å². The molecule has 11 nitrogen and oxygen atoms in total. The number of Topliss-reactive ketones (excluding diaryl/α,β-unsaturated/α-hetero) is 2. The van der Waals surface area contributed by atoms with E-state index in [1.807, 2.05) is 6.92 Å². The fourth-order valence-electron chi connectivity index (χ4n) is 10.5. The number of hydrogen-bond acceptors (Lipinski definition) is 11. The van der Waals surface area contributed by atoms with E-state index in [-0.39, 0.29) is 31.7 Å². The minimum absolute atomic E-state index is 0.0265. The molecule has 0 amide bonds. The van der Waals surface area contributed by atoms with Crippen LogP contribution in [-0.4, -0.2) is 76.1 Å². The normalized spacial score (nSPS) is 48.5. The van der Waals surface area contributed by atoms with E-state index in [2.05, 4.69) is 0 Å². The number of aliphatic hydroxyl groups is 3. The van der Waals surface area contributed by atoms with Gasteiger partial charge in [0, 0.05) is 53.8 Å². The predicted molar refractivity (Wildman–Crippen MR) is 151 cm³/mol. The smallest absolute Gasteiger partial charge is 0.310 e. The van der Waals surface area contributed by atoms with E-state index in [1.165, 1.54) is 19.5 Å². The Morgan fingerprint density at radius 3 is 2.34 bits per heavy atom. The maximum Gasteiger partial charge on any atom is 0.310 e. The van der Waals surface area contributed by atoms with Crippen molar-refractivity contribution in [1.29, 1.82) is 0 Å². The quantitative estimate of drug-likeness (QED) is 0.416. The van der Waals surface area contributed by atoms with Gasteiger partial charge in [0.2, 0.25) is 6.29 Å². The molecule has 11 heteroatoms. The van der Waals surface area contributed by atoms with Crippen molar-refractivity contribution >= 4 is 23.5 Å². The van der Waals surface area contributed by atoms with Gasteiger partial charge in [-0.15, -0.1) is 0 Å².